The van der Waals surface area contributed by atoms with Gasteiger partial charge in [-0.05, 0) is 63.3 Å². The largest absolute Gasteiger partial charge is 0.507 e. The summed E-state index contributed by atoms with van der Waals surface area (Å²) in [6.07, 6.45) is 4.17. The number of ether oxygens (including phenoxy) is 1. The van der Waals surface area contributed by atoms with Gasteiger partial charge in [-0.2, -0.15) is 0 Å². The third kappa shape index (κ3) is 4.30. The Labute approximate surface area is 177 Å². The zero-order valence-corrected chi connectivity index (χ0v) is 18.2. The van der Waals surface area contributed by atoms with Crippen LogP contribution in [0.4, 0.5) is 0 Å². The average Bonchev–Trinajstić information content (AvgIpc) is 3.53. The fourth-order valence-electron chi connectivity index (χ4n) is 3.44. The minimum absolute atomic E-state index is 0.120. The van der Waals surface area contributed by atoms with Crippen molar-refractivity contribution in [3.05, 3.63) is 57.2 Å². The molecule has 1 aromatic heterocycles. The number of nitrogens with zero attached hydrogens (tertiary/aromatic N) is 1. The fourth-order valence-corrected chi connectivity index (χ4v) is 3.44. The predicted octanol–water partition coefficient (Wildman–Crippen LogP) is 4.19. The lowest BCUT2D eigenvalue weighted by Gasteiger charge is -2.20. The van der Waals surface area contributed by atoms with E-state index in [-0.39, 0.29) is 11.3 Å². The molecule has 1 aromatic carbocycles. The minimum Gasteiger partial charge on any atom is -0.507 e. The number of phenolic OH excluding ortho intramolecular Hbond substituents is 1. The van der Waals surface area contributed by atoms with Crippen LogP contribution in [0.1, 0.15) is 50.7 Å². The van der Waals surface area contributed by atoms with Crippen molar-refractivity contribution in [2.24, 2.45) is 0 Å². The number of nitrogens with one attached hydrogen (secondary N) is 2. The highest BCUT2D eigenvalue weighted by Crippen LogP contribution is 2.43. The molecule has 30 heavy (non-hydrogen) atoms. The van der Waals surface area contributed by atoms with Crippen LogP contribution < -0.4 is 5.56 Å². The normalized spacial score (nSPS) is 14.6. The molecule has 2 aromatic rings. The topological polar surface area (TPSA) is 81.3 Å². The lowest BCUT2D eigenvalue weighted by atomic mass is 9.97. The first kappa shape index (κ1) is 21.4. The van der Waals surface area contributed by atoms with Gasteiger partial charge in [0.15, 0.2) is 0 Å². The first-order valence-corrected chi connectivity index (χ1v) is 10.2. The second-order valence-electron chi connectivity index (χ2n) is 7.47. The van der Waals surface area contributed by atoms with E-state index < -0.39 is 0 Å². The second-order valence-corrected chi connectivity index (χ2v) is 7.47. The van der Waals surface area contributed by atoms with E-state index in [0.29, 0.717) is 28.3 Å². The van der Waals surface area contributed by atoms with Gasteiger partial charge in [0.1, 0.15) is 11.5 Å². The number of hydrogen-bond acceptors (Lipinski definition) is 4. The summed E-state index contributed by atoms with van der Waals surface area (Å²) in [5.41, 5.74) is 3.79. The molecule has 3 rings (SSSR count). The highest BCUT2D eigenvalue weighted by Gasteiger charge is 2.26. The van der Waals surface area contributed by atoms with Gasteiger partial charge in [0.25, 0.3) is 5.56 Å². The molecular formula is C24H29N3O3. The van der Waals surface area contributed by atoms with Gasteiger partial charge in [0, 0.05) is 24.7 Å². The fraction of sp³-hybridized carbons (Fsp3) is 0.375. The third-order valence-corrected chi connectivity index (χ3v) is 5.48. The molecule has 158 valence electrons. The molecule has 0 spiro atoms. The van der Waals surface area contributed by atoms with Crippen molar-refractivity contribution in [3.63, 3.8) is 0 Å². The summed E-state index contributed by atoms with van der Waals surface area (Å²) in [4.78, 5) is 14.8. The molecule has 0 unspecified atom stereocenters. The number of aromatic nitrogens is 2. The lowest BCUT2D eigenvalue weighted by molar-refractivity contribution is 0.273. The molecule has 0 bridgehead atoms. The molecule has 1 heterocycles. The van der Waals surface area contributed by atoms with E-state index in [0.717, 1.165) is 30.8 Å². The van der Waals surface area contributed by atoms with Gasteiger partial charge in [0.05, 0.1) is 24.1 Å². The molecule has 6 heteroatoms. The van der Waals surface area contributed by atoms with Crippen LogP contribution in [-0.4, -0.2) is 40.9 Å². The monoisotopic (exact) mass is 407 g/mol. The van der Waals surface area contributed by atoms with E-state index in [1.807, 2.05) is 44.0 Å². The van der Waals surface area contributed by atoms with E-state index in [2.05, 4.69) is 22.0 Å². The summed E-state index contributed by atoms with van der Waals surface area (Å²) >= 11 is 0. The number of allylic oxidation sites excluding steroid dienone is 3. The maximum Gasteiger partial charge on any atom is 0.273 e. The number of benzene rings is 1. The highest BCUT2D eigenvalue weighted by atomic mass is 16.5. The van der Waals surface area contributed by atoms with Crippen molar-refractivity contribution >= 4 is 5.57 Å². The number of hydrogen-bond donors (Lipinski definition) is 3. The Kier molecular flexibility index (Phi) is 6.41. The van der Waals surface area contributed by atoms with E-state index >= 15 is 0 Å². The summed E-state index contributed by atoms with van der Waals surface area (Å²) in [5, 5.41) is 16.2. The molecule has 0 radical (unpaired) electrons. The lowest BCUT2D eigenvalue weighted by Crippen LogP contribution is -2.18. The highest BCUT2D eigenvalue weighted by molar-refractivity contribution is 5.89. The van der Waals surface area contributed by atoms with Crippen molar-refractivity contribution in [1.29, 1.82) is 0 Å². The molecule has 3 N–H and O–H groups in total. The van der Waals surface area contributed by atoms with E-state index in [4.69, 9.17) is 4.74 Å². The summed E-state index contributed by atoms with van der Waals surface area (Å²) in [6.45, 7) is 6.41. The smallest absolute Gasteiger partial charge is 0.273 e. The van der Waals surface area contributed by atoms with Gasteiger partial charge >= 0.3 is 0 Å². The van der Waals surface area contributed by atoms with E-state index in [9.17, 15) is 9.90 Å². The van der Waals surface area contributed by atoms with Crippen LogP contribution in [0.25, 0.3) is 16.8 Å². The molecule has 1 fully saturated rings. The Bertz CT molecular complexity index is 1100. The standard InChI is InChI=1S/C24H29N3O3/c1-6-8-18(14-20(15(3)30-5)27(4)7-2)22-23(25-26-24(22)29)19-13-17(16-9-10-16)11-12-21(19)28/h11-14,16,28H,7,9-10H2,1-5H3,(H2,25,26,29)/b18-14+,20-15-. The van der Waals surface area contributed by atoms with Crippen LogP contribution in [0.3, 0.4) is 0 Å². The number of likely N-dealkylation sites (N-methyl/N-ethyl adjacent to an activating group) is 1. The Morgan fingerprint density at radius 2 is 2.10 bits per heavy atom. The quantitative estimate of drug-likeness (QED) is 0.365. The van der Waals surface area contributed by atoms with E-state index in [1.54, 1.807) is 20.1 Å². The first-order chi connectivity index (χ1) is 14.4. The minimum atomic E-state index is -0.288. The van der Waals surface area contributed by atoms with Crippen molar-refractivity contribution in [1.82, 2.24) is 15.1 Å². The first-order valence-electron chi connectivity index (χ1n) is 10.2. The molecule has 0 atom stereocenters. The predicted molar refractivity (Wildman–Crippen MR) is 120 cm³/mol. The van der Waals surface area contributed by atoms with Crippen molar-refractivity contribution in [2.45, 2.75) is 39.5 Å². The molecular weight excluding hydrogens is 378 g/mol. The van der Waals surface area contributed by atoms with Gasteiger partial charge in [-0.25, -0.2) is 0 Å². The van der Waals surface area contributed by atoms with Crippen LogP contribution in [-0.2, 0) is 4.74 Å². The van der Waals surface area contributed by atoms with Gasteiger partial charge in [-0.15, -0.1) is 5.92 Å². The van der Waals surface area contributed by atoms with Gasteiger partial charge in [0.2, 0.25) is 0 Å². The van der Waals surface area contributed by atoms with E-state index in [1.165, 1.54) is 5.56 Å². The maximum absolute atomic E-state index is 12.8. The molecule has 0 amide bonds. The zero-order valence-electron chi connectivity index (χ0n) is 18.2. The summed E-state index contributed by atoms with van der Waals surface area (Å²) in [7, 11) is 3.58. The number of aromatic hydroxyl groups is 1. The zero-order chi connectivity index (χ0) is 21.8. The van der Waals surface area contributed by atoms with Crippen LogP contribution in [0, 0.1) is 11.8 Å². The molecule has 1 saturated carbocycles. The van der Waals surface area contributed by atoms with Gasteiger partial charge < -0.3 is 14.7 Å². The van der Waals surface area contributed by atoms with Gasteiger partial charge in [-0.3, -0.25) is 15.0 Å². The maximum atomic E-state index is 12.8. The molecule has 1 aliphatic carbocycles. The number of rotatable bonds is 7. The summed E-state index contributed by atoms with van der Waals surface area (Å²) < 4.78 is 5.46. The Hall–Kier alpha value is -3.33. The Morgan fingerprint density at radius 1 is 1.37 bits per heavy atom. The third-order valence-electron chi connectivity index (χ3n) is 5.48. The van der Waals surface area contributed by atoms with Crippen LogP contribution in [0.15, 0.2) is 40.5 Å². The van der Waals surface area contributed by atoms with Crippen LogP contribution in [0.2, 0.25) is 0 Å². The molecule has 0 saturated heterocycles. The Balaban J connectivity index is 2.21. The summed E-state index contributed by atoms with van der Waals surface area (Å²) in [5.74, 6) is 7.35. The summed E-state index contributed by atoms with van der Waals surface area (Å²) in [6, 6.07) is 5.60. The SMILES string of the molecule is CC#C/C(=C\C(=C(/C)OC)N(C)CC)c1c(-c2cc(C3CC3)ccc2O)[nH][nH]c1=O. The number of aromatic amines is 2. The number of phenols is 1. The number of methoxy groups -OCH3 is 1. The van der Waals surface area contributed by atoms with Crippen molar-refractivity contribution in [3.8, 4) is 28.8 Å². The molecule has 1 aliphatic rings. The second kappa shape index (κ2) is 9.00. The van der Waals surface area contributed by atoms with Crippen LogP contribution in [0.5, 0.6) is 5.75 Å². The van der Waals surface area contributed by atoms with Crippen molar-refractivity contribution in [2.75, 3.05) is 20.7 Å². The number of H-pyrrole nitrogens is 2. The molecule has 0 aliphatic heterocycles. The van der Waals surface area contributed by atoms with Crippen LogP contribution >= 0.6 is 0 Å². The molecule has 6 nitrogen and oxygen atoms in total. The Morgan fingerprint density at radius 3 is 2.70 bits per heavy atom. The van der Waals surface area contributed by atoms with Crippen molar-refractivity contribution < 1.29 is 9.84 Å². The average molecular weight is 408 g/mol. The van der Waals surface area contributed by atoms with Gasteiger partial charge in [-0.1, -0.05) is 12.0 Å².